The van der Waals surface area contributed by atoms with Crippen molar-refractivity contribution in [2.75, 3.05) is 31.6 Å². The first-order valence-electron chi connectivity index (χ1n) is 6.85. The zero-order chi connectivity index (χ0) is 14.4. The molecule has 18 heavy (non-hydrogen) atoms. The van der Waals surface area contributed by atoms with E-state index in [1.807, 2.05) is 0 Å². The maximum atomic E-state index is 11.3. The number of sulfone groups is 1. The third-order valence-corrected chi connectivity index (χ3v) is 4.64. The van der Waals surface area contributed by atoms with E-state index in [1.165, 1.54) is 6.26 Å². The lowest BCUT2D eigenvalue weighted by Crippen LogP contribution is -2.58. The van der Waals surface area contributed by atoms with Gasteiger partial charge in [-0.3, -0.25) is 4.90 Å². The first-order chi connectivity index (χ1) is 8.19. The summed E-state index contributed by atoms with van der Waals surface area (Å²) >= 11 is 0. The Morgan fingerprint density at radius 2 is 1.67 bits per heavy atom. The van der Waals surface area contributed by atoms with Crippen molar-refractivity contribution in [2.24, 2.45) is 0 Å². The number of rotatable bonds is 9. The molecule has 0 rings (SSSR count). The van der Waals surface area contributed by atoms with Gasteiger partial charge < -0.3 is 5.32 Å². The molecule has 0 amide bonds. The smallest absolute Gasteiger partial charge is 0.147 e. The molecule has 0 heterocycles. The Balaban J connectivity index is 4.85. The van der Waals surface area contributed by atoms with E-state index >= 15 is 0 Å². The van der Waals surface area contributed by atoms with Gasteiger partial charge in [0.1, 0.15) is 9.84 Å². The lowest BCUT2D eigenvalue weighted by molar-refractivity contribution is 0.0905. The van der Waals surface area contributed by atoms with Crippen molar-refractivity contribution in [3.05, 3.63) is 0 Å². The molecule has 0 saturated carbocycles. The van der Waals surface area contributed by atoms with Gasteiger partial charge in [0.25, 0.3) is 0 Å². The molecule has 0 bridgehead atoms. The molecule has 1 unspecified atom stereocenters. The first-order valence-corrected chi connectivity index (χ1v) is 8.91. The van der Waals surface area contributed by atoms with Crippen molar-refractivity contribution in [1.82, 2.24) is 10.2 Å². The lowest BCUT2D eigenvalue weighted by Gasteiger charge is -2.44. The highest BCUT2D eigenvalue weighted by Gasteiger charge is 2.33. The predicted octanol–water partition coefficient (Wildman–Crippen LogP) is 1.52. The molecule has 0 spiro atoms. The van der Waals surface area contributed by atoms with Crippen LogP contribution in [0.15, 0.2) is 0 Å². The van der Waals surface area contributed by atoms with Gasteiger partial charge in [-0.1, -0.05) is 20.8 Å². The maximum Gasteiger partial charge on any atom is 0.147 e. The molecular formula is C13H30N2O2S. The van der Waals surface area contributed by atoms with Crippen LogP contribution in [0.1, 0.15) is 41.0 Å². The van der Waals surface area contributed by atoms with Crippen molar-refractivity contribution in [1.29, 1.82) is 0 Å². The van der Waals surface area contributed by atoms with Crippen LogP contribution < -0.4 is 5.32 Å². The summed E-state index contributed by atoms with van der Waals surface area (Å²) in [6.07, 6.45) is 1.97. The largest absolute Gasteiger partial charge is 0.312 e. The number of hydrogen-bond donors (Lipinski definition) is 1. The van der Waals surface area contributed by atoms with E-state index in [0.717, 1.165) is 19.6 Å². The Labute approximate surface area is 113 Å². The standard InChI is InChI=1S/C13H30N2O2S/c1-7-14-12(10-11-18(6,16)17)13(4,5)15(8-2)9-3/h12,14H,7-11H2,1-6H3. The molecule has 0 saturated heterocycles. The molecule has 4 nitrogen and oxygen atoms in total. The third-order valence-electron chi connectivity index (χ3n) is 3.66. The summed E-state index contributed by atoms with van der Waals surface area (Å²) in [6.45, 7) is 13.5. The van der Waals surface area contributed by atoms with Crippen LogP contribution in [0.4, 0.5) is 0 Å². The van der Waals surface area contributed by atoms with Crippen LogP contribution in [-0.2, 0) is 9.84 Å². The Morgan fingerprint density at radius 1 is 1.17 bits per heavy atom. The SMILES string of the molecule is CCNC(CCS(C)(=O)=O)C(C)(C)N(CC)CC. The van der Waals surface area contributed by atoms with Crippen molar-refractivity contribution in [2.45, 2.75) is 52.6 Å². The van der Waals surface area contributed by atoms with E-state index in [9.17, 15) is 8.42 Å². The van der Waals surface area contributed by atoms with Crippen LogP contribution in [0.2, 0.25) is 0 Å². The summed E-state index contributed by atoms with van der Waals surface area (Å²) < 4.78 is 22.7. The Hall–Kier alpha value is -0.130. The quantitative estimate of drug-likeness (QED) is 0.695. The van der Waals surface area contributed by atoms with E-state index in [4.69, 9.17) is 0 Å². The lowest BCUT2D eigenvalue weighted by atomic mass is 9.90. The molecular weight excluding hydrogens is 248 g/mol. The van der Waals surface area contributed by atoms with Gasteiger partial charge >= 0.3 is 0 Å². The fourth-order valence-electron chi connectivity index (χ4n) is 2.54. The van der Waals surface area contributed by atoms with Crippen molar-refractivity contribution in [3.63, 3.8) is 0 Å². The van der Waals surface area contributed by atoms with Crippen LogP contribution >= 0.6 is 0 Å². The topological polar surface area (TPSA) is 49.4 Å². The van der Waals surface area contributed by atoms with Gasteiger partial charge in [-0.05, 0) is 39.9 Å². The number of nitrogens with one attached hydrogen (secondary N) is 1. The van der Waals surface area contributed by atoms with Crippen LogP contribution in [-0.4, -0.2) is 56.5 Å². The molecule has 110 valence electrons. The Kier molecular flexibility index (Phi) is 7.40. The number of hydrogen-bond acceptors (Lipinski definition) is 4. The highest BCUT2D eigenvalue weighted by molar-refractivity contribution is 7.90. The monoisotopic (exact) mass is 278 g/mol. The first kappa shape index (κ1) is 17.9. The fraction of sp³-hybridized carbons (Fsp3) is 1.00. The van der Waals surface area contributed by atoms with Gasteiger partial charge in [0.05, 0.1) is 5.75 Å². The molecule has 0 aliphatic heterocycles. The van der Waals surface area contributed by atoms with Gasteiger partial charge in [-0.25, -0.2) is 8.42 Å². The molecule has 0 aliphatic carbocycles. The molecule has 5 heteroatoms. The highest BCUT2D eigenvalue weighted by Crippen LogP contribution is 2.21. The van der Waals surface area contributed by atoms with Gasteiger partial charge in [-0.15, -0.1) is 0 Å². The Bertz CT molecular complexity index is 322. The fourth-order valence-corrected chi connectivity index (χ4v) is 3.21. The third kappa shape index (κ3) is 5.67. The second kappa shape index (κ2) is 7.46. The maximum absolute atomic E-state index is 11.3. The minimum absolute atomic E-state index is 0.0375. The molecule has 0 aromatic heterocycles. The highest BCUT2D eigenvalue weighted by atomic mass is 32.2. The number of nitrogens with zero attached hydrogens (tertiary/aromatic N) is 1. The average Bonchev–Trinajstić information content (AvgIpc) is 2.23. The second-order valence-corrected chi connectivity index (χ2v) is 7.61. The summed E-state index contributed by atoms with van der Waals surface area (Å²) in [7, 11) is -2.90. The van der Waals surface area contributed by atoms with Gasteiger partial charge in [0.15, 0.2) is 0 Å². The zero-order valence-electron chi connectivity index (χ0n) is 12.8. The zero-order valence-corrected chi connectivity index (χ0v) is 13.6. The molecule has 1 atom stereocenters. The van der Waals surface area contributed by atoms with E-state index in [2.05, 4.69) is 44.8 Å². The number of likely N-dealkylation sites (N-methyl/N-ethyl adjacent to an activating group) is 2. The molecule has 0 fully saturated rings. The summed E-state index contributed by atoms with van der Waals surface area (Å²) in [4.78, 5) is 2.38. The molecule has 0 radical (unpaired) electrons. The van der Waals surface area contributed by atoms with Gasteiger partial charge in [0.2, 0.25) is 0 Å². The average molecular weight is 278 g/mol. The normalized spacial score (nSPS) is 15.1. The van der Waals surface area contributed by atoms with E-state index in [1.54, 1.807) is 0 Å². The summed E-state index contributed by atoms with van der Waals surface area (Å²) in [5.41, 5.74) is -0.0375. The van der Waals surface area contributed by atoms with Gasteiger partial charge in [0, 0.05) is 17.8 Å². The minimum Gasteiger partial charge on any atom is -0.312 e. The molecule has 0 aromatic rings. The summed E-state index contributed by atoms with van der Waals surface area (Å²) in [5, 5.41) is 3.44. The van der Waals surface area contributed by atoms with E-state index < -0.39 is 9.84 Å². The van der Waals surface area contributed by atoms with Crippen LogP contribution in [0, 0.1) is 0 Å². The van der Waals surface area contributed by atoms with Crippen LogP contribution in [0.25, 0.3) is 0 Å². The van der Waals surface area contributed by atoms with E-state index in [-0.39, 0.29) is 17.3 Å². The van der Waals surface area contributed by atoms with Crippen LogP contribution in [0.3, 0.4) is 0 Å². The predicted molar refractivity (Wildman–Crippen MR) is 78.8 cm³/mol. The van der Waals surface area contributed by atoms with E-state index in [0.29, 0.717) is 6.42 Å². The summed E-state index contributed by atoms with van der Waals surface area (Å²) in [5.74, 6) is 0.245. The molecule has 0 aromatic carbocycles. The van der Waals surface area contributed by atoms with Crippen LogP contribution in [0.5, 0.6) is 0 Å². The minimum atomic E-state index is -2.90. The Morgan fingerprint density at radius 3 is 2.00 bits per heavy atom. The molecule has 0 aliphatic rings. The van der Waals surface area contributed by atoms with Crippen molar-refractivity contribution in [3.8, 4) is 0 Å². The summed E-state index contributed by atoms with van der Waals surface area (Å²) in [6, 6.07) is 0.192. The molecule has 1 N–H and O–H groups in total. The van der Waals surface area contributed by atoms with Gasteiger partial charge in [-0.2, -0.15) is 0 Å². The van der Waals surface area contributed by atoms with Crippen molar-refractivity contribution >= 4 is 9.84 Å². The second-order valence-electron chi connectivity index (χ2n) is 5.35. The van der Waals surface area contributed by atoms with Crippen molar-refractivity contribution < 1.29 is 8.42 Å².